The van der Waals surface area contributed by atoms with E-state index in [0.717, 1.165) is 11.3 Å². The highest BCUT2D eigenvalue weighted by Gasteiger charge is 2.12. The predicted octanol–water partition coefficient (Wildman–Crippen LogP) is 3.91. The van der Waals surface area contributed by atoms with Gasteiger partial charge in [-0.25, -0.2) is 9.97 Å². The third kappa shape index (κ3) is 2.63. The predicted molar refractivity (Wildman–Crippen MR) is 90.2 cm³/mol. The maximum atomic E-state index is 12.7. The zero-order valence-corrected chi connectivity index (χ0v) is 12.7. The molecule has 2 heterocycles. The van der Waals surface area contributed by atoms with Crippen LogP contribution >= 0.6 is 0 Å². The Morgan fingerprint density at radius 2 is 1.67 bits per heavy atom. The van der Waals surface area contributed by atoms with Crippen molar-refractivity contribution in [3.05, 3.63) is 84.9 Å². The molecule has 0 spiro atoms. The summed E-state index contributed by atoms with van der Waals surface area (Å²) < 4.78 is 7.28. The van der Waals surface area contributed by atoms with Gasteiger partial charge in [-0.3, -0.25) is 9.36 Å². The Kier molecular flexibility index (Phi) is 3.51. The Morgan fingerprint density at radius 3 is 2.46 bits per heavy atom. The van der Waals surface area contributed by atoms with Crippen LogP contribution in [0.25, 0.3) is 11.0 Å². The Balaban J connectivity index is 1.59. The van der Waals surface area contributed by atoms with Gasteiger partial charge in [0.05, 0.1) is 17.2 Å². The lowest BCUT2D eigenvalue weighted by atomic mass is 10.2. The number of rotatable bonds is 3. The number of fused-ring (bicyclic) bond motifs is 1. The van der Waals surface area contributed by atoms with Crippen LogP contribution in [0.4, 0.5) is 0 Å². The van der Waals surface area contributed by atoms with Crippen molar-refractivity contribution < 1.29 is 9.53 Å². The van der Waals surface area contributed by atoms with E-state index in [1.165, 1.54) is 6.33 Å². The van der Waals surface area contributed by atoms with Crippen LogP contribution in [0.5, 0.6) is 11.5 Å². The molecule has 5 heteroatoms. The van der Waals surface area contributed by atoms with Crippen molar-refractivity contribution in [2.75, 3.05) is 0 Å². The zero-order chi connectivity index (χ0) is 16.4. The number of ether oxygens (including phenoxy) is 1. The molecule has 116 valence electrons. The van der Waals surface area contributed by atoms with Crippen molar-refractivity contribution in [2.24, 2.45) is 0 Å². The maximum Gasteiger partial charge on any atom is 0.262 e. The maximum absolute atomic E-state index is 12.7. The van der Waals surface area contributed by atoms with Crippen LogP contribution in [-0.4, -0.2) is 20.4 Å². The molecule has 0 saturated heterocycles. The number of carbonyl (C=O) groups excluding carboxylic acids is 1. The number of hydrogen-bond donors (Lipinski definition) is 0. The van der Waals surface area contributed by atoms with Crippen molar-refractivity contribution in [3.8, 4) is 11.5 Å². The highest BCUT2D eigenvalue weighted by atomic mass is 16.5. The average molecular weight is 315 g/mol. The van der Waals surface area contributed by atoms with Crippen molar-refractivity contribution in [2.45, 2.75) is 0 Å². The molecule has 2 aromatic carbocycles. The van der Waals surface area contributed by atoms with Crippen molar-refractivity contribution in [1.29, 1.82) is 0 Å². The monoisotopic (exact) mass is 315 g/mol. The first kappa shape index (κ1) is 14.1. The number of aromatic nitrogens is 3. The molecule has 0 amide bonds. The molecule has 0 fully saturated rings. The summed E-state index contributed by atoms with van der Waals surface area (Å²) >= 11 is 0. The normalized spacial score (nSPS) is 10.7. The molecule has 0 aliphatic carbocycles. The first-order valence-corrected chi connectivity index (χ1v) is 7.46. The van der Waals surface area contributed by atoms with Gasteiger partial charge in [0.2, 0.25) is 0 Å². The van der Waals surface area contributed by atoms with Crippen LogP contribution in [0, 0.1) is 0 Å². The first-order chi connectivity index (χ1) is 11.8. The molecular weight excluding hydrogens is 302 g/mol. The summed E-state index contributed by atoms with van der Waals surface area (Å²) in [4.78, 5) is 20.8. The van der Waals surface area contributed by atoms with Gasteiger partial charge in [-0.15, -0.1) is 0 Å². The van der Waals surface area contributed by atoms with E-state index < -0.39 is 0 Å². The average Bonchev–Trinajstić information content (AvgIpc) is 3.07. The second kappa shape index (κ2) is 5.96. The van der Waals surface area contributed by atoms with Gasteiger partial charge in [0.1, 0.15) is 17.8 Å². The van der Waals surface area contributed by atoms with Crippen LogP contribution in [0.1, 0.15) is 10.4 Å². The van der Waals surface area contributed by atoms with E-state index in [1.807, 2.05) is 30.3 Å². The molecule has 2 aromatic heterocycles. The molecule has 0 atom stereocenters. The molecule has 0 radical (unpaired) electrons. The van der Waals surface area contributed by atoms with Gasteiger partial charge in [-0.1, -0.05) is 18.2 Å². The number of benzene rings is 2. The van der Waals surface area contributed by atoms with Gasteiger partial charge in [-0.05, 0) is 42.5 Å². The minimum Gasteiger partial charge on any atom is -0.457 e. The number of nitrogens with zero attached hydrogens (tertiary/aromatic N) is 3. The fourth-order valence-electron chi connectivity index (χ4n) is 2.48. The molecular formula is C19H13N3O2. The minimum atomic E-state index is -0.133. The quantitative estimate of drug-likeness (QED) is 0.575. The minimum absolute atomic E-state index is 0.133. The second-order valence-electron chi connectivity index (χ2n) is 5.22. The largest absolute Gasteiger partial charge is 0.457 e. The molecule has 0 aliphatic rings. The third-order valence-electron chi connectivity index (χ3n) is 3.66. The van der Waals surface area contributed by atoms with Gasteiger partial charge in [-0.2, -0.15) is 0 Å². The Morgan fingerprint density at radius 1 is 0.917 bits per heavy atom. The van der Waals surface area contributed by atoms with Crippen LogP contribution in [0.15, 0.2) is 79.4 Å². The van der Waals surface area contributed by atoms with E-state index in [9.17, 15) is 4.79 Å². The number of carbonyl (C=O) groups is 1. The van der Waals surface area contributed by atoms with E-state index in [1.54, 1.807) is 47.3 Å². The summed E-state index contributed by atoms with van der Waals surface area (Å²) in [7, 11) is 0. The van der Waals surface area contributed by atoms with E-state index >= 15 is 0 Å². The summed E-state index contributed by atoms with van der Waals surface area (Å²) in [5.41, 5.74) is 1.99. The lowest BCUT2D eigenvalue weighted by Gasteiger charge is -2.07. The zero-order valence-electron chi connectivity index (χ0n) is 12.7. The van der Waals surface area contributed by atoms with Crippen molar-refractivity contribution in [3.63, 3.8) is 0 Å². The van der Waals surface area contributed by atoms with E-state index in [0.29, 0.717) is 16.8 Å². The topological polar surface area (TPSA) is 57.0 Å². The lowest BCUT2D eigenvalue weighted by molar-refractivity contribution is 0.0965. The van der Waals surface area contributed by atoms with Gasteiger partial charge in [0.25, 0.3) is 5.91 Å². The number of hydrogen-bond acceptors (Lipinski definition) is 4. The molecule has 0 aliphatic heterocycles. The highest BCUT2D eigenvalue weighted by molar-refractivity contribution is 6.01. The van der Waals surface area contributed by atoms with E-state index in [-0.39, 0.29) is 5.91 Å². The van der Waals surface area contributed by atoms with E-state index in [2.05, 4.69) is 9.97 Å². The molecule has 5 nitrogen and oxygen atoms in total. The van der Waals surface area contributed by atoms with Crippen LogP contribution < -0.4 is 4.74 Å². The SMILES string of the molecule is O=C(c1ccc(Oc2ccccc2)cc1)n1ccc2ncncc21. The smallest absolute Gasteiger partial charge is 0.262 e. The summed E-state index contributed by atoms with van der Waals surface area (Å²) in [5, 5.41) is 0. The standard InChI is InChI=1S/C19H13N3O2/c23-19(22-11-10-17-18(22)12-20-13-21-17)14-6-8-16(9-7-14)24-15-4-2-1-3-5-15/h1-13H. The molecule has 4 rings (SSSR count). The Labute approximate surface area is 138 Å². The third-order valence-corrected chi connectivity index (χ3v) is 3.66. The molecule has 0 N–H and O–H groups in total. The Hall–Kier alpha value is -3.47. The van der Waals surface area contributed by atoms with E-state index in [4.69, 9.17) is 4.74 Å². The molecule has 4 aromatic rings. The van der Waals surface area contributed by atoms with Gasteiger partial charge in [0, 0.05) is 11.8 Å². The van der Waals surface area contributed by atoms with Crippen molar-refractivity contribution >= 4 is 16.9 Å². The molecule has 0 unspecified atom stereocenters. The van der Waals surface area contributed by atoms with Gasteiger partial charge < -0.3 is 4.74 Å². The van der Waals surface area contributed by atoms with Gasteiger partial charge >= 0.3 is 0 Å². The summed E-state index contributed by atoms with van der Waals surface area (Å²) in [6.45, 7) is 0. The molecule has 0 bridgehead atoms. The summed E-state index contributed by atoms with van der Waals surface area (Å²) in [6, 6.07) is 18.4. The van der Waals surface area contributed by atoms with Crippen molar-refractivity contribution in [1.82, 2.24) is 14.5 Å². The fourth-order valence-corrected chi connectivity index (χ4v) is 2.48. The van der Waals surface area contributed by atoms with Crippen LogP contribution in [0.3, 0.4) is 0 Å². The van der Waals surface area contributed by atoms with Gasteiger partial charge in [0.15, 0.2) is 0 Å². The second-order valence-corrected chi connectivity index (χ2v) is 5.22. The fraction of sp³-hybridized carbons (Fsp3) is 0. The molecule has 0 saturated carbocycles. The van der Waals surface area contributed by atoms with Crippen LogP contribution in [0.2, 0.25) is 0 Å². The number of para-hydroxylation sites is 1. The lowest BCUT2D eigenvalue weighted by Crippen LogP contribution is -2.10. The Bertz CT molecular complexity index is 992. The summed E-state index contributed by atoms with van der Waals surface area (Å²) in [5.74, 6) is 1.30. The summed E-state index contributed by atoms with van der Waals surface area (Å²) in [6.07, 6.45) is 4.80. The first-order valence-electron chi connectivity index (χ1n) is 7.46. The van der Waals surface area contributed by atoms with Crippen LogP contribution in [-0.2, 0) is 0 Å². The molecule has 24 heavy (non-hydrogen) atoms. The highest BCUT2D eigenvalue weighted by Crippen LogP contribution is 2.22.